The fourth-order valence-electron chi connectivity index (χ4n) is 18.2. The van der Waals surface area contributed by atoms with Gasteiger partial charge in [0.15, 0.2) is 43.8 Å². The van der Waals surface area contributed by atoms with Gasteiger partial charge in [0.2, 0.25) is 5.79 Å². The minimum absolute atomic E-state index is 0.0431. The number of carbonyl (C=O) groups is 2. The zero-order valence-corrected chi connectivity index (χ0v) is 55.2. The summed E-state index contributed by atoms with van der Waals surface area (Å²) in [5.74, 6) is -4.72. The number of fused-ring (bicyclic) bond motifs is 7. The molecule has 12 rings (SSSR count). The largest absolute Gasteiger partial charge is 0.465 e. The zero-order valence-electron chi connectivity index (χ0n) is 55.2. The summed E-state index contributed by atoms with van der Waals surface area (Å²) >= 11 is 0. The van der Waals surface area contributed by atoms with E-state index in [2.05, 4.69) is 26.5 Å². The third-order valence-corrected chi connectivity index (χ3v) is 23.4. The fourth-order valence-corrected chi connectivity index (χ4v) is 18.2. The van der Waals surface area contributed by atoms with Crippen LogP contribution in [0.3, 0.4) is 0 Å². The molecule has 3 saturated carbocycles. The molecule has 0 aromatic heterocycles. The van der Waals surface area contributed by atoms with E-state index in [1.54, 1.807) is 0 Å². The molecular formula is C64H98O34. The topological polar surface area (TPSA) is 506 Å². The Morgan fingerprint density at radius 2 is 1.27 bits per heavy atom. The zero-order chi connectivity index (χ0) is 70.7. The first kappa shape index (κ1) is 74.9. The number of carbonyl (C=O) groups excluding carboxylic acids is 2. The Morgan fingerprint density at radius 3 is 1.95 bits per heavy atom. The number of hydrogen-bond acceptors (Lipinski definition) is 34. The normalized spacial score (nSPS) is 54.1. The first-order valence-corrected chi connectivity index (χ1v) is 33.8. The highest BCUT2D eigenvalue weighted by Crippen LogP contribution is 2.71. The standard InChI is InChI=1S/C64H98O34/c1-22-16-87-64(53(80)47(22)93-56-44(77)42(75)48(23(2)88-56)94-57-43(76)41(74)40(73)36(15-65)91-57)32(17-83-25(4)67)38-35(98-64)14-31-29-9-8-27-12-28(69)13-37(62(27,7)30(29)10-11-61(31,38)6)92-55-45(78)50(34(71)19-84-55)95-59-52(39(72)33(70)18-85-59)97-58-46(79)51(49(24(3)89-58)90-26(5)68)96-60-54(81)63(82,20-66)21-86-60/h8,23-24,28-60,65-66,69-82H,1,9-21H2,2-7H3/t23-,24+,28-,29-,30+,31+,32+,33-,34+,35+,36-,37-,38+,39+,40-,41+,42-,43-,44-,45-,46-,47+,48+,49+,50+,51+,52-,53+,54+,55+,56+,57+,58+,59+,60+,61+,62+,63-,64+/m1/s1. The average Bonchev–Trinajstić information content (AvgIpc) is 1.48. The van der Waals surface area contributed by atoms with Crippen molar-refractivity contribution >= 4 is 11.9 Å². The van der Waals surface area contributed by atoms with Crippen molar-refractivity contribution in [2.45, 2.75) is 276 Å². The van der Waals surface area contributed by atoms with E-state index in [0.29, 0.717) is 32.1 Å². The van der Waals surface area contributed by atoms with Gasteiger partial charge in [-0.1, -0.05) is 32.1 Å². The maximum Gasteiger partial charge on any atom is 0.303 e. The van der Waals surface area contributed by atoms with E-state index in [-0.39, 0.29) is 43.0 Å². The van der Waals surface area contributed by atoms with E-state index in [4.69, 9.17) is 75.8 Å². The van der Waals surface area contributed by atoms with Gasteiger partial charge in [0.1, 0.15) is 115 Å². The van der Waals surface area contributed by atoms with Gasteiger partial charge in [0.25, 0.3) is 0 Å². The molecule has 11 fully saturated rings. The number of ether oxygens (including phenoxy) is 16. The molecule has 34 heteroatoms. The monoisotopic (exact) mass is 1410 g/mol. The van der Waals surface area contributed by atoms with Gasteiger partial charge < -0.3 is 157 Å². The lowest BCUT2D eigenvalue weighted by molar-refractivity contribution is -0.380. The van der Waals surface area contributed by atoms with Crippen LogP contribution in [0, 0.1) is 40.4 Å². The minimum Gasteiger partial charge on any atom is -0.465 e. The molecule has 0 unspecified atom stereocenters. The van der Waals surface area contributed by atoms with E-state index < -0.39 is 263 Å². The van der Waals surface area contributed by atoms with Crippen molar-refractivity contribution in [2.24, 2.45) is 40.4 Å². The van der Waals surface area contributed by atoms with Crippen LogP contribution in [0.4, 0.5) is 0 Å². The molecule has 39 atom stereocenters. The summed E-state index contributed by atoms with van der Waals surface area (Å²) in [6.45, 7) is 9.92. The van der Waals surface area contributed by atoms with Crippen LogP contribution < -0.4 is 0 Å². The van der Waals surface area contributed by atoms with Crippen molar-refractivity contribution in [1.29, 1.82) is 0 Å². The molecule has 8 saturated heterocycles. The molecule has 8 heterocycles. The third kappa shape index (κ3) is 13.2. The molecule has 0 amide bonds. The second-order valence-corrected chi connectivity index (χ2v) is 29.4. The summed E-state index contributed by atoms with van der Waals surface area (Å²) in [7, 11) is 0. The second kappa shape index (κ2) is 28.9. The Bertz CT molecular complexity index is 2840. The fraction of sp³-hybridized carbons (Fsp3) is 0.906. The van der Waals surface area contributed by atoms with Crippen LogP contribution >= 0.6 is 0 Å². The number of rotatable bonds is 17. The molecule has 16 N–H and O–H groups in total. The van der Waals surface area contributed by atoms with E-state index >= 15 is 0 Å². The molecule has 0 radical (unpaired) electrons. The van der Waals surface area contributed by atoms with Gasteiger partial charge in [-0.3, -0.25) is 9.59 Å². The van der Waals surface area contributed by atoms with E-state index in [0.717, 1.165) is 12.5 Å². The Morgan fingerprint density at radius 1 is 0.633 bits per heavy atom. The van der Waals surface area contributed by atoms with Crippen LogP contribution in [0.15, 0.2) is 23.8 Å². The second-order valence-electron chi connectivity index (χ2n) is 29.4. The molecule has 1 spiro atoms. The van der Waals surface area contributed by atoms with Gasteiger partial charge in [-0.2, -0.15) is 0 Å². The summed E-state index contributed by atoms with van der Waals surface area (Å²) in [6, 6.07) is 0. The van der Waals surface area contributed by atoms with Crippen LogP contribution in [0.2, 0.25) is 0 Å². The summed E-state index contributed by atoms with van der Waals surface area (Å²) in [5.41, 5.74) is -2.34. The van der Waals surface area contributed by atoms with Crippen LogP contribution in [0.25, 0.3) is 0 Å². The highest BCUT2D eigenvalue weighted by atomic mass is 16.8. The number of aliphatic hydroxyl groups is 16. The third-order valence-electron chi connectivity index (χ3n) is 23.4. The number of esters is 2. The first-order valence-electron chi connectivity index (χ1n) is 33.8. The van der Waals surface area contributed by atoms with Crippen molar-refractivity contribution < 1.29 is 167 Å². The quantitative estimate of drug-likeness (QED) is 0.0476. The lowest BCUT2D eigenvalue weighted by atomic mass is 9.46. The van der Waals surface area contributed by atoms with E-state index in [1.165, 1.54) is 20.8 Å². The summed E-state index contributed by atoms with van der Waals surface area (Å²) < 4.78 is 96.9. The average molecular weight is 1410 g/mol. The Labute approximate surface area is 563 Å². The molecule has 0 aromatic rings. The van der Waals surface area contributed by atoms with Gasteiger partial charge in [0, 0.05) is 31.6 Å². The van der Waals surface area contributed by atoms with Gasteiger partial charge in [-0.25, -0.2) is 0 Å². The van der Waals surface area contributed by atoms with Crippen LogP contribution in [-0.2, 0) is 85.4 Å². The van der Waals surface area contributed by atoms with Crippen LogP contribution in [-0.4, -0.2) is 336 Å². The maximum absolute atomic E-state index is 12.8. The van der Waals surface area contributed by atoms with Gasteiger partial charge in [0.05, 0.1) is 82.7 Å². The smallest absolute Gasteiger partial charge is 0.303 e. The molecule has 0 bridgehead atoms. The molecule has 34 nitrogen and oxygen atoms in total. The van der Waals surface area contributed by atoms with Crippen molar-refractivity contribution in [1.82, 2.24) is 0 Å². The van der Waals surface area contributed by atoms with Gasteiger partial charge in [-0.15, -0.1) is 0 Å². The Balaban J connectivity index is 0.732. The van der Waals surface area contributed by atoms with Crippen molar-refractivity contribution in [3.8, 4) is 0 Å². The predicted octanol–water partition coefficient (Wildman–Crippen LogP) is -6.42. The highest BCUT2D eigenvalue weighted by molar-refractivity contribution is 5.66. The molecular weight excluding hydrogens is 1310 g/mol. The van der Waals surface area contributed by atoms with Crippen molar-refractivity contribution in [2.75, 3.05) is 46.2 Å². The minimum atomic E-state index is -2.14. The molecule has 98 heavy (non-hydrogen) atoms. The van der Waals surface area contributed by atoms with Gasteiger partial charge in [-0.05, 0) is 74.7 Å². The predicted molar refractivity (Wildman–Crippen MR) is 317 cm³/mol. The summed E-state index contributed by atoms with van der Waals surface area (Å²) in [6.07, 6.45) is -41.5. The van der Waals surface area contributed by atoms with E-state index in [1.807, 2.05) is 0 Å². The highest BCUT2D eigenvalue weighted by Gasteiger charge is 2.74. The molecule has 0 aromatic carbocycles. The molecule has 4 aliphatic carbocycles. The molecule has 12 aliphatic rings. The lowest BCUT2D eigenvalue weighted by Crippen LogP contribution is -2.66. The maximum atomic E-state index is 12.8. The van der Waals surface area contributed by atoms with Crippen LogP contribution in [0.1, 0.15) is 80.1 Å². The first-order chi connectivity index (χ1) is 46.3. The van der Waals surface area contributed by atoms with E-state index in [9.17, 15) is 91.3 Å². The Kier molecular flexibility index (Phi) is 22.1. The number of allylic oxidation sites excluding steroid dienone is 1. The molecule has 8 aliphatic heterocycles. The Hall–Kier alpha value is -2.78. The van der Waals surface area contributed by atoms with Crippen LogP contribution in [0.5, 0.6) is 0 Å². The van der Waals surface area contributed by atoms with Crippen molar-refractivity contribution in [3.05, 3.63) is 23.8 Å². The lowest BCUT2D eigenvalue weighted by Gasteiger charge is -2.60. The van der Waals surface area contributed by atoms with Gasteiger partial charge >= 0.3 is 11.9 Å². The number of hydrogen-bond donors (Lipinski definition) is 16. The summed E-state index contributed by atoms with van der Waals surface area (Å²) in [5, 5.41) is 177. The number of aliphatic hydroxyl groups excluding tert-OH is 15. The summed E-state index contributed by atoms with van der Waals surface area (Å²) in [4.78, 5) is 25.0. The SMILES string of the molecule is C=C1CO[C@@]2(O[C@H]3C[C@H]4[C@@H]5CC=C6C[C@@H](O)C[C@@H](O[C@@H]7OC[C@H](O)[C@H](O[C@@H]8OC[C@@H](O)[C@H](O)[C@H]8O[C@@H]8O[C@@H](C)[C@H](OC(C)=O)[C@@H](O[C@@H]9OC[C@](O)(CO)[C@H]9O)[C@H]8O)[C@H]7O)[C@]6(C)[C@H]5CC[C@]4(C)[C@H]3[C@@H]2COC(C)=O)[C@@H](O)[C@H]1O[C@@H]1O[C@H](C)[C@H](O[C@@H]2O[C@H](CO)[C@@H](O)[C@H](O)[C@H]2O)[C@H](O)[C@H]1O. The van der Waals surface area contributed by atoms with Crippen molar-refractivity contribution in [3.63, 3.8) is 0 Å². The molecule has 558 valence electrons.